The zero-order valence-electron chi connectivity index (χ0n) is 7.52. The van der Waals surface area contributed by atoms with Crippen molar-refractivity contribution in [3.8, 4) is 5.75 Å². The predicted octanol–water partition coefficient (Wildman–Crippen LogP) is 2.87. The second-order valence-corrected chi connectivity index (χ2v) is 3.63. The molecule has 1 rings (SSSR count). The number of halogens is 5. The first-order valence-electron chi connectivity index (χ1n) is 3.83. The summed E-state index contributed by atoms with van der Waals surface area (Å²) in [6, 6.07) is 0.810. The molecule has 0 aromatic carbocycles. The molecular formula is C8H4F4INO2. The van der Waals surface area contributed by atoms with E-state index in [1.807, 2.05) is 0 Å². The molecule has 0 saturated carbocycles. The second-order valence-electron chi connectivity index (χ2n) is 2.61. The quantitative estimate of drug-likeness (QED) is 0.365. The maximum atomic E-state index is 12.3. The van der Waals surface area contributed by atoms with E-state index in [1.54, 1.807) is 0 Å². The summed E-state index contributed by atoms with van der Waals surface area (Å²) >= 11 is 1.46. The monoisotopic (exact) mass is 349 g/mol. The van der Waals surface area contributed by atoms with E-state index in [0.717, 1.165) is 6.07 Å². The van der Waals surface area contributed by atoms with Crippen molar-refractivity contribution >= 4 is 28.9 Å². The van der Waals surface area contributed by atoms with Crippen LogP contribution in [-0.4, -0.2) is 17.6 Å². The molecule has 0 atom stereocenters. The van der Waals surface area contributed by atoms with Gasteiger partial charge in [-0.2, -0.15) is 0 Å². The average molecular weight is 349 g/mol. The van der Waals surface area contributed by atoms with Crippen LogP contribution in [0.5, 0.6) is 5.75 Å². The number of alkyl halides is 4. The molecule has 0 aliphatic heterocycles. The van der Waals surface area contributed by atoms with E-state index in [0.29, 0.717) is 0 Å². The van der Waals surface area contributed by atoms with Crippen molar-refractivity contribution in [1.82, 2.24) is 4.98 Å². The highest BCUT2D eigenvalue weighted by Crippen LogP contribution is 2.28. The Kier molecular flexibility index (Phi) is 4.05. The van der Waals surface area contributed by atoms with Crippen molar-refractivity contribution in [3.63, 3.8) is 0 Å². The average Bonchev–Trinajstić information content (AvgIpc) is 2.18. The van der Waals surface area contributed by atoms with Gasteiger partial charge in [0.15, 0.2) is 12.0 Å². The molecule has 0 aliphatic carbocycles. The third-order valence-electron chi connectivity index (χ3n) is 1.54. The second kappa shape index (κ2) is 4.93. The number of aromatic nitrogens is 1. The molecule has 16 heavy (non-hydrogen) atoms. The Morgan fingerprint density at radius 3 is 2.56 bits per heavy atom. The van der Waals surface area contributed by atoms with E-state index in [2.05, 4.69) is 9.72 Å². The highest BCUT2D eigenvalue weighted by molar-refractivity contribution is 14.1. The van der Waals surface area contributed by atoms with E-state index in [1.165, 1.54) is 22.6 Å². The van der Waals surface area contributed by atoms with Crippen LogP contribution in [-0.2, 0) is 6.67 Å². The zero-order chi connectivity index (χ0) is 12.3. The lowest BCUT2D eigenvalue weighted by atomic mass is 10.2. The number of nitrogens with zero attached hydrogens (tertiary/aromatic N) is 1. The molecule has 3 nitrogen and oxygen atoms in total. The normalized spacial score (nSPS) is 11.3. The van der Waals surface area contributed by atoms with Crippen LogP contribution in [0.2, 0.25) is 0 Å². The number of carbonyl (C=O) groups excluding carboxylic acids is 1. The Morgan fingerprint density at radius 2 is 2.12 bits per heavy atom. The zero-order valence-corrected chi connectivity index (χ0v) is 9.67. The van der Waals surface area contributed by atoms with Crippen molar-refractivity contribution in [2.45, 2.75) is 13.0 Å². The number of pyridine rings is 1. The van der Waals surface area contributed by atoms with Gasteiger partial charge in [0, 0.05) is 5.56 Å². The maximum absolute atomic E-state index is 12.3. The SMILES string of the molecule is O=Cc1cc(OC(F)(F)F)c(I)nc1CF. The molecule has 0 radical (unpaired) electrons. The van der Waals surface area contributed by atoms with Crippen LogP contribution < -0.4 is 4.74 Å². The minimum atomic E-state index is -4.88. The minimum Gasteiger partial charge on any atom is -0.403 e. The molecule has 0 amide bonds. The van der Waals surface area contributed by atoms with Gasteiger partial charge >= 0.3 is 6.36 Å². The summed E-state index contributed by atoms with van der Waals surface area (Å²) in [7, 11) is 0. The lowest BCUT2D eigenvalue weighted by Gasteiger charge is -2.11. The van der Waals surface area contributed by atoms with Crippen LogP contribution in [0.4, 0.5) is 17.6 Å². The van der Waals surface area contributed by atoms with Crippen molar-refractivity contribution in [2.24, 2.45) is 0 Å². The molecule has 0 fully saturated rings. The molecule has 0 bridgehead atoms. The third kappa shape index (κ3) is 3.29. The number of ether oxygens (including phenoxy) is 1. The number of aldehydes is 1. The van der Waals surface area contributed by atoms with E-state index < -0.39 is 18.8 Å². The molecular weight excluding hydrogens is 345 g/mol. The standard InChI is InChI=1S/C8H4F4INO2/c9-2-5-4(3-15)1-6(7(13)14-5)16-8(10,11)12/h1,3H,2H2. The van der Waals surface area contributed by atoms with Gasteiger partial charge in [-0.25, -0.2) is 9.37 Å². The molecule has 1 heterocycles. The molecule has 0 spiro atoms. The van der Waals surface area contributed by atoms with E-state index in [4.69, 9.17) is 0 Å². The first kappa shape index (κ1) is 13.1. The number of hydrogen-bond acceptors (Lipinski definition) is 3. The molecule has 8 heteroatoms. The van der Waals surface area contributed by atoms with Gasteiger partial charge in [-0.3, -0.25) is 4.79 Å². The van der Waals surface area contributed by atoms with Gasteiger partial charge < -0.3 is 4.74 Å². The fourth-order valence-electron chi connectivity index (χ4n) is 0.928. The summed E-state index contributed by atoms with van der Waals surface area (Å²) in [4.78, 5) is 14.0. The van der Waals surface area contributed by atoms with Crippen molar-refractivity contribution in [2.75, 3.05) is 0 Å². The fraction of sp³-hybridized carbons (Fsp3) is 0.250. The predicted molar refractivity (Wildman–Crippen MR) is 53.8 cm³/mol. The summed E-state index contributed by atoms with van der Waals surface area (Å²) in [6.07, 6.45) is -4.65. The Hall–Kier alpha value is -0.930. The highest BCUT2D eigenvalue weighted by Gasteiger charge is 2.32. The summed E-state index contributed by atoms with van der Waals surface area (Å²) in [5, 5.41) is 0. The van der Waals surface area contributed by atoms with Crippen LogP contribution in [0.15, 0.2) is 6.07 Å². The first-order chi connectivity index (χ1) is 7.37. The number of hydrogen-bond donors (Lipinski definition) is 0. The smallest absolute Gasteiger partial charge is 0.403 e. The largest absolute Gasteiger partial charge is 0.573 e. The third-order valence-corrected chi connectivity index (χ3v) is 2.31. The molecule has 88 valence electrons. The van der Waals surface area contributed by atoms with Gasteiger partial charge in [0.05, 0.1) is 5.69 Å². The Balaban J connectivity index is 3.16. The molecule has 0 aliphatic rings. The van der Waals surface area contributed by atoms with Crippen molar-refractivity contribution in [1.29, 1.82) is 0 Å². The van der Waals surface area contributed by atoms with E-state index in [-0.39, 0.29) is 21.2 Å². The maximum Gasteiger partial charge on any atom is 0.573 e. The van der Waals surface area contributed by atoms with E-state index >= 15 is 0 Å². The van der Waals surface area contributed by atoms with E-state index in [9.17, 15) is 22.4 Å². The van der Waals surface area contributed by atoms with Crippen LogP contribution in [0.1, 0.15) is 16.1 Å². The lowest BCUT2D eigenvalue weighted by Crippen LogP contribution is -2.18. The summed E-state index contributed by atoms with van der Waals surface area (Å²) in [5.41, 5.74) is -0.476. The van der Waals surface area contributed by atoms with Crippen LogP contribution in [0, 0.1) is 3.70 Å². The summed E-state index contributed by atoms with van der Waals surface area (Å²) in [6.45, 7) is -1.03. The van der Waals surface area contributed by atoms with Gasteiger partial charge in [-0.05, 0) is 28.7 Å². The topological polar surface area (TPSA) is 39.2 Å². The van der Waals surface area contributed by atoms with Gasteiger partial charge in [0.1, 0.15) is 10.4 Å². The highest BCUT2D eigenvalue weighted by atomic mass is 127. The number of carbonyl (C=O) groups is 1. The Morgan fingerprint density at radius 1 is 1.50 bits per heavy atom. The first-order valence-corrected chi connectivity index (χ1v) is 4.91. The van der Waals surface area contributed by atoms with Crippen LogP contribution >= 0.6 is 22.6 Å². The summed E-state index contributed by atoms with van der Waals surface area (Å²) in [5.74, 6) is -0.618. The van der Waals surface area contributed by atoms with Crippen LogP contribution in [0.25, 0.3) is 0 Å². The Labute approximate surface area is 101 Å². The lowest BCUT2D eigenvalue weighted by molar-refractivity contribution is -0.275. The molecule has 0 saturated heterocycles. The minimum absolute atomic E-state index is 0.159. The number of rotatable bonds is 3. The van der Waals surface area contributed by atoms with Crippen molar-refractivity contribution < 1.29 is 27.1 Å². The summed E-state index contributed by atoms with van der Waals surface area (Å²) < 4.78 is 51.6. The van der Waals surface area contributed by atoms with Gasteiger partial charge in [0.2, 0.25) is 0 Å². The fourth-order valence-corrected chi connectivity index (χ4v) is 1.48. The molecule has 1 aromatic rings. The van der Waals surface area contributed by atoms with Gasteiger partial charge in [-0.15, -0.1) is 13.2 Å². The Bertz CT molecular complexity index is 408. The van der Waals surface area contributed by atoms with Crippen molar-refractivity contribution in [3.05, 3.63) is 21.0 Å². The molecule has 0 unspecified atom stereocenters. The van der Waals surface area contributed by atoms with Gasteiger partial charge in [-0.1, -0.05) is 0 Å². The molecule has 0 N–H and O–H groups in total. The molecule has 1 aromatic heterocycles. The van der Waals surface area contributed by atoms with Gasteiger partial charge in [0.25, 0.3) is 0 Å². The van der Waals surface area contributed by atoms with Crippen LogP contribution in [0.3, 0.4) is 0 Å².